The molecule has 0 aliphatic carbocycles. The van der Waals surface area contributed by atoms with Crippen molar-refractivity contribution in [3.63, 3.8) is 0 Å². The Morgan fingerprint density at radius 3 is 2.06 bits per heavy atom. The molecule has 0 aromatic heterocycles. The molecule has 1 aliphatic heterocycles. The number of allylic oxidation sites excluding steroid dienone is 2. The maximum absolute atomic E-state index is 2.36. The van der Waals surface area contributed by atoms with Crippen molar-refractivity contribution in [3.8, 4) is 0 Å². The Labute approximate surface area is 104 Å². The third-order valence-corrected chi connectivity index (χ3v) is 5.50. The van der Waals surface area contributed by atoms with Crippen LogP contribution in [0, 0.1) is 0 Å². The van der Waals surface area contributed by atoms with E-state index in [1.807, 2.05) is 0 Å². The van der Waals surface area contributed by atoms with Crippen molar-refractivity contribution in [1.29, 1.82) is 0 Å². The van der Waals surface area contributed by atoms with Gasteiger partial charge in [-0.05, 0) is 10.8 Å². The first kappa shape index (κ1) is 10.3. The molecule has 17 heavy (non-hydrogen) atoms. The lowest BCUT2D eigenvalue weighted by molar-refractivity contribution is 1.65. The Kier molecular flexibility index (Phi) is 2.76. The summed E-state index contributed by atoms with van der Waals surface area (Å²) in [6, 6.07) is 21.5. The number of benzene rings is 2. The second kappa shape index (κ2) is 4.56. The first-order chi connectivity index (χ1) is 8.45. The van der Waals surface area contributed by atoms with Gasteiger partial charge in [0.05, 0.1) is 0 Å². The van der Waals surface area contributed by atoms with E-state index in [9.17, 15) is 0 Å². The lowest BCUT2D eigenvalue weighted by Crippen LogP contribution is -2.28. The first-order valence-corrected chi connectivity index (χ1v) is 7.39. The Hall–Kier alpha value is -1.86. The monoisotopic (exact) mass is 233 g/mol. The zero-order valence-corrected chi connectivity index (χ0v) is 10.5. The molecule has 0 saturated carbocycles. The summed E-state index contributed by atoms with van der Waals surface area (Å²) in [6.45, 7) is 0. The van der Waals surface area contributed by atoms with Crippen LogP contribution in [0.5, 0.6) is 0 Å². The topological polar surface area (TPSA) is 0 Å². The molecule has 81 valence electrons. The van der Waals surface area contributed by atoms with Gasteiger partial charge in [-0.1, -0.05) is 83.7 Å². The van der Waals surface area contributed by atoms with Crippen LogP contribution in [-0.2, 0) is 0 Å². The van der Waals surface area contributed by atoms with Crippen LogP contribution in [0.4, 0.5) is 0 Å². The molecule has 0 saturated heterocycles. The van der Waals surface area contributed by atoms with Crippen LogP contribution in [0.3, 0.4) is 0 Å². The van der Waals surface area contributed by atoms with Crippen LogP contribution < -0.4 is 5.19 Å². The van der Waals surface area contributed by atoms with E-state index in [1.54, 1.807) is 0 Å². The minimum absolute atomic E-state index is 0.700. The van der Waals surface area contributed by atoms with Crippen molar-refractivity contribution in [1.82, 2.24) is 0 Å². The minimum Gasteiger partial charge on any atom is -0.0872 e. The smallest absolute Gasteiger partial charge is 0.0872 e. The molecule has 3 rings (SSSR count). The van der Waals surface area contributed by atoms with Gasteiger partial charge in [-0.15, -0.1) is 0 Å². The maximum Gasteiger partial charge on any atom is 0.147 e. The van der Waals surface area contributed by atoms with E-state index in [-0.39, 0.29) is 0 Å². The zero-order chi connectivity index (χ0) is 11.5. The summed E-state index contributed by atoms with van der Waals surface area (Å²) in [5, 5.41) is 2.95. The molecule has 0 unspecified atom stereocenters. The van der Waals surface area contributed by atoms with Crippen molar-refractivity contribution in [2.24, 2.45) is 0 Å². The second-order valence-corrected chi connectivity index (χ2v) is 6.36. The number of hydrogen-bond acceptors (Lipinski definition) is 0. The number of hydrogen-bond donors (Lipinski definition) is 0. The van der Waals surface area contributed by atoms with E-state index in [4.69, 9.17) is 0 Å². The Balaban J connectivity index is 1.98. The van der Waals surface area contributed by atoms with Crippen LogP contribution in [0.25, 0.3) is 5.20 Å². The van der Waals surface area contributed by atoms with Crippen molar-refractivity contribution < 1.29 is 0 Å². The van der Waals surface area contributed by atoms with Gasteiger partial charge in [0.2, 0.25) is 0 Å². The fourth-order valence-corrected chi connectivity index (χ4v) is 4.44. The molecule has 0 spiro atoms. The molecule has 0 bridgehead atoms. The van der Waals surface area contributed by atoms with E-state index in [1.165, 1.54) is 15.9 Å². The van der Waals surface area contributed by atoms with Gasteiger partial charge in [-0.3, -0.25) is 0 Å². The average Bonchev–Trinajstić information content (AvgIpc) is 2.90. The SMILES string of the molecule is C1=C[Si](c2ccccc2)C(c2ccccc2)=C1. The van der Waals surface area contributed by atoms with Crippen molar-refractivity contribution >= 4 is 19.2 Å². The van der Waals surface area contributed by atoms with Gasteiger partial charge < -0.3 is 0 Å². The molecule has 0 nitrogen and oxygen atoms in total. The lowest BCUT2D eigenvalue weighted by Gasteiger charge is -2.12. The van der Waals surface area contributed by atoms with Crippen molar-refractivity contribution in [3.05, 3.63) is 84.1 Å². The third kappa shape index (κ3) is 2.02. The normalized spacial score (nSPS) is 14.9. The van der Waals surface area contributed by atoms with Crippen LogP contribution in [-0.4, -0.2) is 8.80 Å². The molecule has 0 fully saturated rings. The highest BCUT2D eigenvalue weighted by Crippen LogP contribution is 2.22. The molecule has 2 aromatic rings. The molecule has 1 heterocycles. The van der Waals surface area contributed by atoms with Crippen LogP contribution in [0.15, 0.2) is 78.5 Å². The van der Waals surface area contributed by atoms with Gasteiger partial charge in [0, 0.05) is 0 Å². The Morgan fingerprint density at radius 2 is 1.35 bits per heavy atom. The second-order valence-electron chi connectivity index (χ2n) is 4.09. The summed E-state index contributed by atoms with van der Waals surface area (Å²) in [5.74, 6) is 0. The minimum atomic E-state index is -0.700. The predicted octanol–water partition coefficient (Wildman–Crippen LogP) is 3.12. The molecular formula is C16H13Si. The Morgan fingerprint density at radius 1 is 0.706 bits per heavy atom. The fraction of sp³-hybridized carbons (Fsp3) is 0. The predicted molar refractivity (Wildman–Crippen MR) is 75.4 cm³/mol. The molecular weight excluding hydrogens is 220 g/mol. The molecule has 2 aromatic carbocycles. The van der Waals surface area contributed by atoms with Crippen molar-refractivity contribution in [2.45, 2.75) is 0 Å². The fourth-order valence-electron chi connectivity index (χ4n) is 2.16. The van der Waals surface area contributed by atoms with Gasteiger partial charge >= 0.3 is 0 Å². The summed E-state index contributed by atoms with van der Waals surface area (Å²) in [4.78, 5) is 0. The van der Waals surface area contributed by atoms with E-state index in [0.29, 0.717) is 0 Å². The van der Waals surface area contributed by atoms with Gasteiger partial charge in [-0.2, -0.15) is 0 Å². The summed E-state index contributed by atoms with van der Waals surface area (Å²) in [6.07, 6.45) is 4.46. The van der Waals surface area contributed by atoms with Gasteiger partial charge in [-0.25, -0.2) is 0 Å². The Bertz CT molecular complexity index is 553. The molecule has 1 aliphatic rings. The van der Waals surface area contributed by atoms with E-state index < -0.39 is 8.80 Å². The van der Waals surface area contributed by atoms with E-state index in [2.05, 4.69) is 78.5 Å². The first-order valence-electron chi connectivity index (χ1n) is 5.82. The average molecular weight is 233 g/mol. The molecule has 0 atom stereocenters. The summed E-state index contributed by atoms with van der Waals surface area (Å²) >= 11 is 0. The highest BCUT2D eigenvalue weighted by atomic mass is 28.3. The summed E-state index contributed by atoms with van der Waals surface area (Å²) in [7, 11) is -0.700. The molecule has 0 amide bonds. The highest BCUT2D eigenvalue weighted by molar-refractivity contribution is 6.94. The van der Waals surface area contributed by atoms with Crippen LogP contribution in [0.2, 0.25) is 0 Å². The van der Waals surface area contributed by atoms with Crippen molar-refractivity contribution in [2.75, 3.05) is 0 Å². The lowest BCUT2D eigenvalue weighted by atomic mass is 10.2. The van der Waals surface area contributed by atoms with Gasteiger partial charge in [0.25, 0.3) is 0 Å². The number of rotatable bonds is 2. The highest BCUT2D eigenvalue weighted by Gasteiger charge is 2.20. The van der Waals surface area contributed by atoms with Gasteiger partial charge in [0.1, 0.15) is 8.80 Å². The third-order valence-electron chi connectivity index (χ3n) is 2.99. The van der Waals surface area contributed by atoms with Crippen LogP contribution in [0.1, 0.15) is 5.56 Å². The molecule has 1 heteroatoms. The van der Waals surface area contributed by atoms with E-state index >= 15 is 0 Å². The van der Waals surface area contributed by atoms with Gasteiger partial charge in [0.15, 0.2) is 0 Å². The largest absolute Gasteiger partial charge is 0.147 e. The molecule has 1 radical (unpaired) electrons. The summed E-state index contributed by atoms with van der Waals surface area (Å²) in [5.41, 5.74) is 3.72. The quantitative estimate of drug-likeness (QED) is 0.699. The zero-order valence-electron chi connectivity index (χ0n) is 9.51. The maximum atomic E-state index is 2.36. The summed E-state index contributed by atoms with van der Waals surface area (Å²) < 4.78 is 0. The van der Waals surface area contributed by atoms with Crippen LogP contribution >= 0.6 is 0 Å². The standard InChI is InChI=1S/C16H13Si/c1-3-8-14(9-4-1)16-12-7-13-17(16)15-10-5-2-6-11-15/h1-13H. The van der Waals surface area contributed by atoms with E-state index in [0.717, 1.165) is 0 Å². The molecule has 0 N–H and O–H groups in total.